The van der Waals surface area contributed by atoms with Gasteiger partial charge in [-0.3, -0.25) is 4.90 Å². The Morgan fingerprint density at radius 3 is 2.06 bits per heavy atom. The molecule has 0 heterocycles. The molecule has 110 valence electrons. The third-order valence-electron chi connectivity index (χ3n) is 3.40. The third kappa shape index (κ3) is 6.05. The zero-order valence-electron chi connectivity index (χ0n) is 12.0. The van der Waals surface area contributed by atoms with Gasteiger partial charge in [-0.25, -0.2) is 0 Å². The van der Waals surface area contributed by atoms with Crippen molar-refractivity contribution in [2.75, 3.05) is 13.1 Å². The van der Waals surface area contributed by atoms with E-state index in [0.29, 0.717) is 19.0 Å². The van der Waals surface area contributed by atoms with E-state index in [-0.39, 0.29) is 12.0 Å². The van der Waals surface area contributed by atoms with Crippen LogP contribution < -0.4 is 5.73 Å². The monoisotopic (exact) mass is 268 g/mol. The van der Waals surface area contributed by atoms with E-state index >= 15 is 0 Å². The Labute approximate surface area is 109 Å². The molecule has 0 aliphatic carbocycles. The summed E-state index contributed by atoms with van der Waals surface area (Å²) in [5, 5.41) is 0. The van der Waals surface area contributed by atoms with Crippen molar-refractivity contribution in [2.45, 2.75) is 71.1 Å². The molecule has 0 aromatic rings. The van der Waals surface area contributed by atoms with Crippen LogP contribution in [0.5, 0.6) is 0 Å². The van der Waals surface area contributed by atoms with E-state index < -0.39 is 12.6 Å². The molecule has 2 N–H and O–H groups in total. The largest absolute Gasteiger partial charge is 0.389 e. The van der Waals surface area contributed by atoms with Crippen molar-refractivity contribution < 1.29 is 13.2 Å². The van der Waals surface area contributed by atoms with Gasteiger partial charge in [0.2, 0.25) is 0 Å². The highest BCUT2D eigenvalue weighted by molar-refractivity contribution is 4.89. The van der Waals surface area contributed by atoms with Crippen molar-refractivity contribution in [3.63, 3.8) is 0 Å². The smallest absolute Gasteiger partial charge is 0.329 e. The Morgan fingerprint density at radius 1 is 1.17 bits per heavy atom. The van der Waals surface area contributed by atoms with Gasteiger partial charge in [-0.15, -0.1) is 0 Å². The first-order valence-electron chi connectivity index (χ1n) is 6.70. The first kappa shape index (κ1) is 17.7. The average Bonchev–Trinajstić information content (AvgIpc) is 2.23. The lowest BCUT2D eigenvalue weighted by Crippen LogP contribution is -2.54. The number of alkyl halides is 3. The topological polar surface area (TPSA) is 29.3 Å². The van der Waals surface area contributed by atoms with E-state index in [1.54, 1.807) is 0 Å². The Balaban J connectivity index is 4.55. The molecule has 0 bridgehead atoms. The molecule has 1 unspecified atom stereocenters. The van der Waals surface area contributed by atoms with E-state index in [1.165, 1.54) is 0 Å². The molecule has 18 heavy (non-hydrogen) atoms. The zero-order chi connectivity index (χ0) is 14.4. The highest BCUT2D eigenvalue weighted by Crippen LogP contribution is 2.28. The van der Waals surface area contributed by atoms with Gasteiger partial charge in [0.15, 0.2) is 0 Å². The van der Waals surface area contributed by atoms with Crippen LogP contribution in [0, 0.1) is 0 Å². The van der Waals surface area contributed by atoms with Crippen LogP contribution >= 0.6 is 0 Å². The second-order valence-corrected chi connectivity index (χ2v) is 5.46. The van der Waals surface area contributed by atoms with Gasteiger partial charge < -0.3 is 5.73 Å². The minimum atomic E-state index is -4.07. The first-order chi connectivity index (χ1) is 8.16. The lowest BCUT2D eigenvalue weighted by atomic mass is 9.91. The van der Waals surface area contributed by atoms with Crippen LogP contribution in [-0.4, -0.2) is 35.7 Å². The van der Waals surface area contributed by atoms with Crippen LogP contribution in [-0.2, 0) is 0 Å². The highest BCUT2D eigenvalue weighted by Gasteiger charge is 2.33. The van der Waals surface area contributed by atoms with Crippen molar-refractivity contribution in [1.29, 1.82) is 0 Å². The summed E-state index contributed by atoms with van der Waals surface area (Å²) in [4.78, 5) is 2.23. The highest BCUT2D eigenvalue weighted by atomic mass is 19.4. The summed E-state index contributed by atoms with van der Waals surface area (Å²) in [7, 11) is 0. The van der Waals surface area contributed by atoms with E-state index in [2.05, 4.69) is 25.7 Å². The van der Waals surface area contributed by atoms with Gasteiger partial charge in [0.05, 0.1) is 0 Å². The molecule has 0 spiro atoms. The number of hydrogen-bond acceptors (Lipinski definition) is 2. The number of nitrogens with zero attached hydrogens (tertiary/aromatic N) is 1. The van der Waals surface area contributed by atoms with E-state index in [9.17, 15) is 13.2 Å². The van der Waals surface area contributed by atoms with Gasteiger partial charge in [0, 0.05) is 24.5 Å². The van der Waals surface area contributed by atoms with Gasteiger partial charge in [-0.2, -0.15) is 13.2 Å². The molecule has 0 saturated carbocycles. The minimum Gasteiger partial charge on any atom is -0.329 e. The SMILES string of the molecule is CCCN(C(C)C)C(C)(CN)CCCC(F)(F)F. The normalized spacial score (nSPS) is 16.3. The Hall–Kier alpha value is -0.290. The van der Waals surface area contributed by atoms with Gasteiger partial charge in [0.1, 0.15) is 0 Å². The Bertz CT molecular complexity index is 229. The summed E-state index contributed by atoms with van der Waals surface area (Å²) in [5.41, 5.74) is 5.47. The number of hydrogen-bond donors (Lipinski definition) is 1. The summed E-state index contributed by atoms with van der Waals surface area (Å²) >= 11 is 0. The maximum absolute atomic E-state index is 12.2. The molecule has 0 saturated heterocycles. The molecular weight excluding hydrogens is 241 g/mol. The first-order valence-corrected chi connectivity index (χ1v) is 6.70. The molecule has 0 aromatic heterocycles. The van der Waals surface area contributed by atoms with Crippen LogP contribution in [0.2, 0.25) is 0 Å². The predicted molar refractivity (Wildman–Crippen MR) is 69.5 cm³/mol. The fraction of sp³-hybridized carbons (Fsp3) is 1.00. The molecule has 0 aromatic carbocycles. The van der Waals surface area contributed by atoms with Crippen LogP contribution in [0.15, 0.2) is 0 Å². The number of rotatable bonds is 8. The van der Waals surface area contributed by atoms with E-state index in [1.807, 2.05) is 6.92 Å². The molecule has 0 aliphatic rings. The maximum atomic E-state index is 12.2. The molecule has 0 amide bonds. The summed E-state index contributed by atoms with van der Waals surface area (Å²) in [5.74, 6) is 0. The van der Waals surface area contributed by atoms with Crippen LogP contribution in [0.4, 0.5) is 13.2 Å². The second kappa shape index (κ2) is 7.34. The van der Waals surface area contributed by atoms with Crippen molar-refractivity contribution in [3.05, 3.63) is 0 Å². The Morgan fingerprint density at radius 2 is 1.72 bits per heavy atom. The third-order valence-corrected chi connectivity index (χ3v) is 3.40. The average molecular weight is 268 g/mol. The molecule has 2 nitrogen and oxygen atoms in total. The molecule has 0 fully saturated rings. The van der Waals surface area contributed by atoms with Crippen molar-refractivity contribution in [1.82, 2.24) is 4.90 Å². The second-order valence-electron chi connectivity index (χ2n) is 5.46. The van der Waals surface area contributed by atoms with Crippen LogP contribution in [0.25, 0.3) is 0 Å². The quantitative estimate of drug-likeness (QED) is 0.729. The molecule has 1 atom stereocenters. The fourth-order valence-corrected chi connectivity index (χ4v) is 2.42. The summed E-state index contributed by atoms with van der Waals surface area (Å²) in [6.07, 6.45) is -3.18. The minimum absolute atomic E-state index is 0.143. The van der Waals surface area contributed by atoms with Crippen molar-refractivity contribution in [3.8, 4) is 0 Å². The number of halogens is 3. The van der Waals surface area contributed by atoms with Crippen molar-refractivity contribution in [2.24, 2.45) is 5.73 Å². The Kier molecular flexibility index (Phi) is 7.22. The lowest BCUT2D eigenvalue weighted by Gasteiger charge is -2.43. The van der Waals surface area contributed by atoms with Crippen molar-refractivity contribution >= 4 is 0 Å². The standard InChI is InChI=1S/C13H27F3N2/c1-5-9-18(11(2)3)12(4,10-17)7-6-8-13(14,15)16/h11H,5-10,17H2,1-4H3. The maximum Gasteiger partial charge on any atom is 0.389 e. The lowest BCUT2D eigenvalue weighted by molar-refractivity contribution is -0.137. The van der Waals surface area contributed by atoms with Crippen LogP contribution in [0.3, 0.4) is 0 Å². The molecular formula is C13H27F3N2. The van der Waals surface area contributed by atoms with Gasteiger partial charge in [-0.05, 0) is 46.6 Å². The number of nitrogens with two attached hydrogens (primary N) is 1. The molecule has 0 aliphatic heterocycles. The van der Waals surface area contributed by atoms with E-state index in [4.69, 9.17) is 5.73 Å². The molecule has 5 heteroatoms. The molecule has 0 radical (unpaired) electrons. The van der Waals surface area contributed by atoms with Crippen LogP contribution in [0.1, 0.15) is 53.4 Å². The summed E-state index contributed by atoms with van der Waals surface area (Å²) < 4.78 is 36.6. The van der Waals surface area contributed by atoms with E-state index in [0.717, 1.165) is 13.0 Å². The van der Waals surface area contributed by atoms with Gasteiger partial charge in [0.25, 0.3) is 0 Å². The summed E-state index contributed by atoms with van der Waals surface area (Å²) in [6, 6.07) is 0.296. The molecule has 0 rings (SSSR count). The predicted octanol–water partition coefficient (Wildman–Crippen LogP) is 3.56. The fourth-order valence-electron chi connectivity index (χ4n) is 2.42. The summed E-state index contributed by atoms with van der Waals surface area (Å²) in [6.45, 7) is 9.43. The van der Waals surface area contributed by atoms with Gasteiger partial charge >= 0.3 is 6.18 Å². The van der Waals surface area contributed by atoms with Gasteiger partial charge in [-0.1, -0.05) is 6.92 Å². The zero-order valence-corrected chi connectivity index (χ0v) is 12.0.